The van der Waals surface area contributed by atoms with Crippen LogP contribution in [0, 0.1) is 0 Å². The average Bonchev–Trinajstić information content (AvgIpc) is 1.99. The maximum Gasteiger partial charge on any atom is 0.240 e. The standard InChI is InChI=1S/C11H20N2O2/c1-6-7-13(9(2)14)8-10(15)12-11(3,4)5/h6H,1,7-8H2,2-5H3,(H,12,15). The highest BCUT2D eigenvalue weighted by atomic mass is 16.2. The molecule has 0 aromatic rings. The Labute approximate surface area is 91.3 Å². The summed E-state index contributed by atoms with van der Waals surface area (Å²) in [5.74, 6) is -0.279. The maximum absolute atomic E-state index is 11.5. The second-order valence-electron chi connectivity index (χ2n) is 4.49. The molecule has 4 heteroatoms. The van der Waals surface area contributed by atoms with Crippen molar-refractivity contribution in [2.45, 2.75) is 33.2 Å². The quantitative estimate of drug-likeness (QED) is 0.705. The van der Waals surface area contributed by atoms with Gasteiger partial charge in [-0.3, -0.25) is 9.59 Å². The lowest BCUT2D eigenvalue weighted by Crippen LogP contribution is -2.47. The van der Waals surface area contributed by atoms with Gasteiger partial charge in [-0.2, -0.15) is 0 Å². The van der Waals surface area contributed by atoms with Crippen molar-refractivity contribution in [3.05, 3.63) is 12.7 Å². The Morgan fingerprint density at radius 1 is 1.40 bits per heavy atom. The molecule has 0 spiro atoms. The summed E-state index contributed by atoms with van der Waals surface area (Å²) in [7, 11) is 0. The molecule has 0 aliphatic carbocycles. The van der Waals surface area contributed by atoms with Crippen molar-refractivity contribution in [3.63, 3.8) is 0 Å². The Morgan fingerprint density at radius 2 is 1.93 bits per heavy atom. The number of nitrogens with zero attached hydrogens (tertiary/aromatic N) is 1. The van der Waals surface area contributed by atoms with Crippen molar-refractivity contribution < 1.29 is 9.59 Å². The minimum Gasteiger partial charge on any atom is -0.350 e. The van der Waals surface area contributed by atoms with Crippen LogP contribution in [0.2, 0.25) is 0 Å². The third kappa shape index (κ3) is 6.71. The number of nitrogens with one attached hydrogen (secondary N) is 1. The van der Waals surface area contributed by atoms with E-state index in [2.05, 4.69) is 11.9 Å². The van der Waals surface area contributed by atoms with Gasteiger partial charge in [-0.15, -0.1) is 6.58 Å². The van der Waals surface area contributed by atoms with Gasteiger partial charge >= 0.3 is 0 Å². The lowest BCUT2D eigenvalue weighted by molar-refractivity contribution is -0.134. The van der Waals surface area contributed by atoms with Crippen LogP contribution in [0.3, 0.4) is 0 Å². The second kappa shape index (κ2) is 5.53. The van der Waals surface area contributed by atoms with Crippen molar-refractivity contribution in [2.24, 2.45) is 0 Å². The summed E-state index contributed by atoms with van der Waals surface area (Å²) < 4.78 is 0. The molecule has 0 saturated carbocycles. The van der Waals surface area contributed by atoms with Crippen LogP contribution in [0.5, 0.6) is 0 Å². The van der Waals surface area contributed by atoms with Gasteiger partial charge in [0.1, 0.15) is 0 Å². The highest BCUT2D eigenvalue weighted by molar-refractivity contribution is 5.84. The zero-order valence-electron chi connectivity index (χ0n) is 9.96. The van der Waals surface area contributed by atoms with E-state index >= 15 is 0 Å². The molecule has 0 aliphatic heterocycles. The van der Waals surface area contributed by atoms with Crippen molar-refractivity contribution in [2.75, 3.05) is 13.1 Å². The number of rotatable bonds is 4. The maximum atomic E-state index is 11.5. The van der Waals surface area contributed by atoms with Crippen LogP contribution in [-0.2, 0) is 9.59 Å². The molecule has 0 saturated heterocycles. The molecule has 0 aromatic carbocycles. The molecule has 2 amide bonds. The van der Waals surface area contributed by atoms with Crippen molar-refractivity contribution in [1.82, 2.24) is 10.2 Å². The Kier molecular flexibility index (Phi) is 5.05. The first-order valence-corrected chi connectivity index (χ1v) is 4.93. The molecule has 0 radical (unpaired) electrons. The molecule has 0 atom stereocenters. The van der Waals surface area contributed by atoms with E-state index in [1.165, 1.54) is 11.8 Å². The molecule has 0 heterocycles. The van der Waals surface area contributed by atoms with E-state index in [0.29, 0.717) is 6.54 Å². The molecule has 1 N–H and O–H groups in total. The number of amides is 2. The summed E-state index contributed by atoms with van der Waals surface area (Å²) >= 11 is 0. The van der Waals surface area contributed by atoms with E-state index in [4.69, 9.17) is 0 Å². The van der Waals surface area contributed by atoms with E-state index in [1.54, 1.807) is 6.08 Å². The van der Waals surface area contributed by atoms with Crippen molar-refractivity contribution >= 4 is 11.8 Å². The molecule has 4 nitrogen and oxygen atoms in total. The zero-order valence-corrected chi connectivity index (χ0v) is 9.96. The number of hydrogen-bond acceptors (Lipinski definition) is 2. The first kappa shape index (κ1) is 13.7. The third-order valence-electron chi connectivity index (χ3n) is 1.64. The van der Waals surface area contributed by atoms with Gasteiger partial charge in [0.2, 0.25) is 11.8 Å². The third-order valence-corrected chi connectivity index (χ3v) is 1.64. The van der Waals surface area contributed by atoms with Crippen molar-refractivity contribution in [1.29, 1.82) is 0 Å². The summed E-state index contributed by atoms with van der Waals surface area (Å²) in [6, 6.07) is 0. The summed E-state index contributed by atoms with van der Waals surface area (Å²) in [4.78, 5) is 24.1. The van der Waals surface area contributed by atoms with Gasteiger partial charge in [0, 0.05) is 19.0 Å². The van der Waals surface area contributed by atoms with Crippen LogP contribution in [0.4, 0.5) is 0 Å². The van der Waals surface area contributed by atoms with Crippen LogP contribution < -0.4 is 5.32 Å². The van der Waals surface area contributed by atoms with Gasteiger partial charge in [-0.05, 0) is 20.8 Å². The first-order valence-electron chi connectivity index (χ1n) is 4.93. The lowest BCUT2D eigenvalue weighted by atomic mass is 10.1. The largest absolute Gasteiger partial charge is 0.350 e. The lowest BCUT2D eigenvalue weighted by Gasteiger charge is -2.24. The normalized spacial score (nSPS) is 10.7. The predicted molar refractivity (Wildman–Crippen MR) is 60.3 cm³/mol. The fraction of sp³-hybridized carbons (Fsp3) is 0.636. The van der Waals surface area contributed by atoms with E-state index in [9.17, 15) is 9.59 Å². The highest BCUT2D eigenvalue weighted by Crippen LogP contribution is 1.99. The molecule has 0 fully saturated rings. The van der Waals surface area contributed by atoms with Gasteiger partial charge in [0.15, 0.2) is 0 Å². The smallest absolute Gasteiger partial charge is 0.240 e. The number of carbonyl (C=O) groups excluding carboxylic acids is 2. The van der Waals surface area contributed by atoms with Gasteiger partial charge in [-0.1, -0.05) is 6.08 Å². The van der Waals surface area contributed by atoms with E-state index in [0.717, 1.165) is 0 Å². The molecule has 0 bridgehead atoms. The molecule has 0 unspecified atom stereocenters. The topological polar surface area (TPSA) is 49.4 Å². The Morgan fingerprint density at radius 3 is 2.27 bits per heavy atom. The molecular formula is C11H20N2O2. The second-order valence-corrected chi connectivity index (χ2v) is 4.49. The summed E-state index contributed by atoms with van der Waals surface area (Å²) in [5, 5.41) is 2.80. The monoisotopic (exact) mass is 212 g/mol. The molecule has 0 aromatic heterocycles. The van der Waals surface area contributed by atoms with Gasteiger partial charge < -0.3 is 10.2 Å². The van der Waals surface area contributed by atoms with Crippen LogP contribution in [0.15, 0.2) is 12.7 Å². The fourth-order valence-electron chi connectivity index (χ4n) is 1.09. The number of carbonyl (C=O) groups is 2. The minimum atomic E-state index is -0.270. The Hall–Kier alpha value is -1.32. The SMILES string of the molecule is C=CCN(CC(=O)NC(C)(C)C)C(C)=O. The molecule has 0 aliphatic rings. The summed E-state index contributed by atoms with van der Waals surface area (Å²) in [6.07, 6.45) is 1.60. The molecule has 0 rings (SSSR count). The van der Waals surface area contributed by atoms with E-state index < -0.39 is 0 Å². The average molecular weight is 212 g/mol. The zero-order chi connectivity index (χ0) is 12.1. The summed E-state index contributed by atoms with van der Waals surface area (Å²) in [6.45, 7) is 11.2. The Bertz CT molecular complexity index is 254. The van der Waals surface area contributed by atoms with Gasteiger partial charge in [0.25, 0.3) is 0 Å². The highest BCUT2D eigenvalue weighted by Gasteiger charge is 2.17. The number of hydrogen-bond donors (Lipinski definition) is 1. The van der Waals surface area contributed by atoms with Crippen LogP contribution in [0.25, 0.3) is 0 Å². The van der Waals surface area contributed by atoms with Gasteiger partial charge in [-0.25, -0.2) is 0 Å². The Balaban J connectivity index is 4.23. The minimum absolute atomic E-state index is 0.0820. The molecular weight excluding hydrogens is 192 g/mol. The van der Waals surface area contributed by atoms with Crippen LogP contribution >= 0.6 is 0 Å². The molecule has 86 valence electrons. The van der Waals surface area contributed by atoms with Gasteiger partial charge in [0.05, 0.1) is 6.54 Å². The van der Waals surface area contributed by atoms with Crippen LogP contribution in [0.1, 0.15) is 27.7 Å². The van der Waals surface area contributed by atoms with Crippen LogP contribution in [-0.4, -0.2) is 35.3 Å². The fourth-order valence-corrected chi connectivity index (χ4v) is 1.09. The van der Waals surface area contributed by atoms with Crippen molar-refractivity contribution in [3.8, 4) is 0 Å². The predicted octanol–water partition coefficient (Wildman–Crippen LogP) is 0.936. The summed E-state index contributed by atoms with van der Waals surface area (Å²) in [5.41, 5.74) is -0.270. The first-order chi connectivity index (χ1) is 6.76. The van der Waals surface area contributed by atoms with E-state index in [1.807, 2.05) is 20.8 Å². The van der Waals surface area contributed by atoms with E-state index in [-0.39, 0.29) is 23.9 Å². The molecule has 15 heavy (non-hydrogen) atoms.